The zero-order chi connectivity index (χ0) is 15.5. The average Bonchev–Trinajstić information content (AvgIpc) is 3.06. The van der Waals surface area contributed by atoms with E-state index in [4.69, 9.17) is 4.42 Å². The van der Waals surface area contributed by atoms with Gasteiger partial charge in [-0.25, -0.2) is 8.42 Å². The van der Waals surface area contributed by atoms with E-state index in [1.54, 1.807) is 10.4 Å². The molecule has 7 heteroatoms. The zero-order valence-electron chi connectivity index (χ0n) is 12.6. The predicted molar refractivity (Wildman–Crippen MR) is 85.6 cm³/mol. The minimum atomic E-state index is -3.46. The molecule has 1 N–H and O–H groups in total. The van der Waals surface area contributed by atoms with Crippen molar-refractivity contribution in [1.29, 1.82) is 0 Å². The van der Waals surface area contributed by atoms with Crippen LogP contribution in [0.15, 0.2) is 20.0 Å². The largest absolute Gasteiger partial charge is 0.452 e. The average molecular weight is 379 g/mol. The van der Waals surface area contributed by atoms with Crippen LogP contribution in [0.2, 0.25) is 0 Å². The molecule has 2 rings (SSSR count). The summed E-state index contributed by atoms with van der Waals surface area (Å²) in [6.45, 7) is 6.82. The highest BCUT2D eigenvalue weighted by Crippen LogP contribution is 2.32. The van der Waals surface area contributed by atoms with Crippen molar-refractivity contribution < 1.29 is 12.8 Å². The van der Waals surface area contributed by atoms with Gasteiger partial charge in [0, 0.05) is 19.2 Å². The Morgan fingerprint density at radius 2 is 2.24 bits per heavy atom. The molecule has 1 aliphatic rings. The van der Waals surface area contributed by atoms with Gasteiger partial charge in [0.25, 0.3) is 0 Å². The number of nitrogens with one attached hydrogen (secondary N) is 1. The molecule has 1 atom stereocenters. The molecule has 1 saturated heterocycles. The van der Waals surface area contributed by atoms with Gasteiger partial charge in [0.2, 0.25) is 10.0 Å². The second-order valence-electron chi connectivity index (χ2n) is 5.45. The van der Waals surface area contributed by atoms with E-state index in [1.807, 2.05) is 0 Å². The normalized spacial score (nSPS) is 20.2. The van der Waals surface area contributed by atoms with Gasteiger partial charge < -0.3 is 9.73 Å². The minimum absolute atomic E-state index is 0.243. The van der Waals surface area contributed by atoms with Gasteiger partial charge in [-0.15, -0.1) is 0 Å². The van der Waals surface area contributed by atoms with Crippen molar-refractivity contribution in [2.75, 3.05) is 19.6 Å². The number of halogens is 1. The van der Waals surface area contributed by atoms with Crippen LogP contribution in [0, 0.1) is 5.92 Å². The highest BCUT2D eigenvalue weighted by molar-refractivity contribution is 9.10. The van der Waals surface area contributed by atoms with Crippen LogP contribution in [-0.2, 0) is 16.6 Å². The van der Waals surface area contributed by atoms with Crippen LogP contribution in [0.1, 0.15) is 38.9 Å². The molecule has 21 heavy (non-hydrogen) atoms. The molecule has 1 fully saturated rings. The molecule has 0 saturated carbocycles. The van der Waals surface area contributed by atoms with Crippen LogP contribution >= 0.6 is 15.9 Å². The monoisotopic (exact) mass is 378 g/mol. The van der Waals surface area contributed by atoms with E-state index in [2.05, 4.69) is 35.1 Å². The first kappa shape index (κ1) is 17.0. The number of rotatable bonds is 7. The number of sulfonamides is 1. The number of furan rings is 1. The van der Waals surface area contributed by atoms with Gasteiger partial charge in [-0.05, 0) is 41.2 Å². The van der Waals surface area contributed by atoms with E-state index in [-0.39, 0.29) is 4.90 Å². The SMILES string of the molecule is CCCNCc1cc(S(=O)(=O)N2CCC(CC)C2)c(Br)o1. The summed E-state index contributed by atoms with van der Waals surface area (Å²) in [5.41, 5.74) is 0. The van der Waals surface area contributed by atoms with E-state index in [0.717, 1.165) is 25.8 Å². The smallest absolute Gasteiger partial charge is 0.247 e. The molecular formula is C14H23BrN2O3S. The fourth-order valence-electron chi connectivity index (χ4n) is 2.54. The summed E-state index contributed by atoms with van der Waals surface area (Å²) < 4.78 is 32.7. The van der Waals surface area contributed by atoms with Crippen LogP contribution in [0.5, 0.6) is 0 Å². The van der Waals surface area contributed by atoms with Gasteiger partial charge in [-0.1, -0.05) is 20.3 Å². The molecule has 1 aliphatic heterocycles. The lowest BCUT2D eigenvalue weighted by molar-refractivity contribution is 0.444. The maximum atomic E-state index is 12.7. The standard InChI is InChI=1S/C14H23BrN2O3S/c1-3-6-16-9-12-8-13(14(15)20-12)21(18,19)17-7-5-11(4-2)10-17/h8,11,16H,3-7,9-10H2,1-2H3. The summed E-state index contributed by atoms with van der Waals surface area (Å²) in [7, 11) is -3.46. The first-order chi connectivity index (χ1) is 9.98. The lowest BCUT2D eigenvalue weighted by Crippen LogP contribution is -2.28. The predicted octanol–water partition coefficient (Wildman–Crippen LogP) is 2.96. The Balaban J connectivity index is 2.13. The third-order valence-corrected chi connectivity index (χ3v) is 6.60. The summed E-state index contributed by atoms with van der Waals surface area (Å²) in [5.74, 6) is 1.11. The molecule has 120 valence electrons. The summed E-state index contributed by atoms with van der Waals surface area (Å²) in [6.07, 6.45) is 2.99. The van der Waals surface area contributed by atoms with Crippen molar-refractivity contribution in [1.82, 2.24) is 9.62 Å². The van der Waals surface area contributed by atoms with Crippen molar-refractivity contribution >= 4 is 26.0 Å². The van der Waals surface area contributed by atoms with Gasteiger partial charge in [0.05, 0.1) is 6.54 Å². The maximum absolute atomic E-state index is 12.7. The quantitative estimate of drug-likeness (QED) is 0.740. The van der Waals surface area contributed by atoms with E-state index in [0.29, 0.717) is 36.0 Å². The minimum Gasteiger partial charge on any atom is -0.452 e. The van der Waals surface area contributed by atoms with E-state index >= 15 is 0 Å². The first-order valence-electron chi connectivity index (χ1n) is 7.48. The molecule has 0 bridgehead atoms. The first-order valence-corrected chi connectivity index (χ1v) is 9.71. The molecule has 0 aromatic carbocycles. The third kappa shape index (κ3) is 3.88. The van der Waals surface area contributed by atoms with Crippen molar-refractivity contribution in [3.8, 4) is 0 Å². The van der Waals surface area contributed by atoms with Gasteiger partial charge in [-0.2, -0.15) is 4.31 Å². The van der Waals surface area contributed by atoms with Gasteiger partial charge >= 0.3 is 0 Å². The Bertz CT molecular complexity index is 571. The van der Waals surface area contributed by atoms with Gasteiger partial charge in [0.15, 0.2) is 4.67 Å². The fraction of sp³-hybridized carbons (Fsp3) is 0.714. The lowest BCUT2D eigenvalue weighted by Gasteiger charge is -2.15. The Labute approximate surface area is 135 Å². The molecule has 0 aliphatic carbocycles. The van der Waals surface area contributed by atoms with Crippen molar-refractivity contribution in [3.63, 3.8) is 0 Å². The van der Waals surface area contributed by atoms with Crippen LogP contribution in [0.3, 0.4) is 0 Å². The molecule has 0 radical (unpaired) electrons. The molecule has 0 spiro atoms. The molecule has 1 aromatic heterocycles. The highest BCUT2D eigenvalue weighted by Gasteiger charge is 2.34. The summed E-state index contributed by atoms with van der Waals surface area (Å²) >= 11 is 3.24. The molecular weight excluding hydrogens is 356 g/mol. The molecule has 5 nitrogen and oxygen atoms in total. The molecule has 1 unspecified atom stereocenters. The Hall–Kier alpha value is -0.370. The summed E-state index contributed by atoms with van der Waals surface area (Å²) in [5, 5.41) is 3.21. The van der Waals surface area contributed by atoms with E-state index in [9.17, 15) is 8.42 Å². The van der Waals surface area contributed by atoms with Crippen LogP contribution in [0.25, 0.3) is 0 Å². The van der Waals surface area contributed by atoms with Crippen LogP contribution in [-0.4, -0.2) is 32.4 Å². The number of hydrogen-bond acceptors (Lipinski definition) is 4. The number of nitrogens with zero attached hydrogens (tertiary/aromatic N) is 1. The van der Waals surface area contributed by atoms with Crippen LogP contribution < -0.4 is 5.32 Å². The van der Waals surface area contributed by atoms with Gasteiger partial charge in [-0.3, -0.25) is 0 Å². The second-order valence-corrected chi connectivity index (χ2v) is 8.08. The summed E-state index contributed by atoms with van der Waals surface area (Å²) in [6, 6.07) is 1.63. The van der Waals surface area contributed by atoms with E-state index < -0.39 is 10.0 Å². The van der Waals surface area contributed by atoms with Crippen molar-refractivity contribution in [2.45, 2.75) is 44.6 Å². The molecule has 1 aromatic rings. The Kier molecular flexibility index (Phi) is 5.88. The molecule has 0 amide bonds. The number of hydrogen-bond donors (Lipinski definition) is 1. The molecule has 2 heterocycles. The van der Waals surface area contributed by atoms with E-state index in [1.165, 1.54) is 0 Å². The van der Waals surface area contributed by atoms with Crippen molar-refractivity contribution in [2.24, 2.45) is 5.92 Å². The third-order valence-electron chi connectivity index (χ3n) is 3.88. The lowest BCUT2D eigenvalue weighted by atomic mass is 10.1. The van der Waals surface area contributed by atoms with Crippen molar-refractivity contribution in [3.05, 3.63) is 16.5 Å². The maximum Gasteiger partial charge on any atom is 0.247 e. The fourth-order valence-corrected chi connectivity index (χ4v) is 5.03. The highest BCUT2D eigenvalue weighted by atomic mass is 79.9. The second kappa shape index (κ2) is 7.26. The Morgan fingerprint density at radius 3 is 2.86 bits per heavy atom. The van der Waals surface area contributed by atoms with Gasteiger partial charge in [0.1, 0.15) is 10.7 Å². The topological polar surface area (TPSA) is 62.6 Å². The zero-order valence-corrected chi connectivity index (χ0v) is 15.0. The van der Waals surface area contributed by atoms with Crippen LogP contribution in [0.4, 0.5) is 0 Å². The summed E-state index contributed by atoms with van der Waals surface area (Å²) in [4.78, 5) is 0.243. The Morgan fingerprint density at radius 1 is 1.48 bits per heavy atom.